The van der Waals surface area contributed by atoms with Crippen LogP contribution in [0.4, 0.5) is 0 Å². The Morgan fingerprint density at radius 1 is 1.12 bits per heavy atom. The van der Waals surface area contributed by atoms with Gasteiger partial charge in [0.1, 0.15) is 5.75 Å². The number of nitrogens with zero attached hydrogens (tertiary/aromatic N) is 1. The fourth-order valence-electron chi connectivity index (χ4n) is 2.23. The standard InChI is InChI=1S/C20H22N2O4/c1-22(19(23)13-8-16-6-3-2-4-7-16)14-5-15-26-18-11-9-17(10-12-18)20(24)21-25/h2-4,6-13,25H,5,14-15H2,1H3,(H,21,24). The van der Waals surface area contributed by atoms with E-state index in [9.17, 15) is 9.59 Å². The summed E-state index contributed by atoms with van der Waals surface area (Å²) in [6, 6.07) is 16.1. The van der Waals surface area contributed by atoms with Crippen molar-refractivity contribution in [2.45, 2.75) is 6.42 Å². The maximum absolute atomic E-state index is 12.1. The highest BCUT2D eigenvalue weighted by Crippen LogP contribution is 2.12. The van der Waals surface area contributed by atoms with Gasteiger partial charge in [0.25, 0.3) is 5.91 Å². The third kappa shape index (κ3) is 6.07. The zero-order valence-corrected chi connectivity index (χ0v) is 14.6. The zero-order valence-electron chi connectivity index (χ0n) is 14.6. The van der Waals surface area contributed by atoms with Crippen LogP contribution in [0.1, 0.15) is 22.3 Å². The highest BCUT2D eigenvalue weighted by molar-refractivity contribution is 5.93. The molecule has 0 radical (unpaired) electrons. The number of nitrogens with one attached hydrogen (secondary N) is 1. The molecular formula is C20H22N2O4. The Labute approximate surface area is 152 Å². The van der Waals surface area contributed by atoms with Crippen LogP contribution in [0.15, 0.2) is 60.7 Å². The molecule has 0 aliphatic rings. The molecule has 6 heteroatoms. The molecule has 6 nitrogen and oxygen atoms in total. The van der Waals surface area contributed by atoms with Crippen LogP contribution < -0.4 is 10.2 Å². The molecule has 0 saturated carbocycles. The van der Waals surface area contributed by atoms with E-state index in [0.29, 0.717) is 30.9 Å². The molecule has 0 spiro atoms. The van der Waals surface area contributed by atoms with Crippen molar-refractivity contribution in [3.8, 4) is 5.75 Å². The molecule has 2 N–H and O–H groups in total. The first-order valence-electron chi connectivity index (χ1n) is 8.25. The van der Waals surface area contributed by atoms with E-state index in [1.165, 1.54) is 0 Å². The Hall–Kier alpha value is -3.12. The Balaban J connectivity index is 1.71. The van der Waals surface area contributed by atoms with Gasteiger partial charge in [-0.05, 0) is 42.3 Å². The maximum atomic E-state index is 12.1. The highest BCUT2D eigenvalue weighted by Gasteiger charge is 2.06. The van der Waals surface area contributed by atoms with Crippen molar-refractivity contribution in [3.05, 3.63) is 71.8 Å². The Morgan fingerprint density at radius 2 is 1.81 bits per heavy atom. The summed E-state index contributed by atoms with van der Waals surface area (Å²) in [6.45, 7) is 1.02. The first kappa shape index (κ1) is 19.2. The van der Waals surface area contributed by atoms with Crippen LogP contribution in [0, 0.1) is 0 Å². The van der Waals surface area contributed by atoms with Gasteiger partial charge in [-0.15, -0.1) is 0 Å². The number of carbonyl (C=O) groups excluding carboxylic acids is 2. The largest absolute Gasteiger partial charge is 0.494 e. The van der Waals surface area contributed by atoms with Gasteiger partial charge >= 0.3 is 0 Å². The molecule has 2 amide bonds. The number of ether oxygens (including phenoxy) is 1. The molecule has 26 heavy (non-hydrogen) atoms. The maximum Gasteiger partial charge on any atom is 0.274 e. The van der Waals surface area contributed by atoms with E-state index < -0.39 is 5.91 Å². The summed E-state index contributed by atoms with van der Waals surface area (Å²) in [6.07, 6.45) is 4.03. The van der Waals surface area contributed by atoms with Crippen molar-refractivity contribution in [2.75, 3.05) is 20.2 Å². The van der Waals surface area contributed by atoms with Crippen LogP contribution >= 0.6 is 0 Å². The van der Waals surface area contributed by atoms with Crippen molar-refractivity contribution in [1.82, 2.24) is 10.4 Å². The minimum Gasteiger partial charge on any atom is -0.494 e. The summed E-state index contributed by atoms with van der Waals surface area (Å²) >= 11 is 0. The van der Waals surface area contributed by atoms with E-state index in [-0.39, 0.29) is 5.91 Å². The molecule has 2 aromatic carbocycles. The van der Waals surface area contributed by atoms with Crippen LogP contribution in [0.5, 0.6) is 5.75 Å². The van der Waals surface area contributed by atoms with Gasteiger partial charge in [0.2, 0.25) is 5.91 Å². The van der Waals surface area contributed by atoms with Crippen LogP contribution in [0.25, 0.3) is 6.08 Å². The Bertz CT molecular complexity index is 742. The lowest BCUT2D eigenvalue weighted by Crippen LogP contribution is -2.26. The molecule has 0 fully saturated rings. The second-order valence-electron chi connectivity index (χ2n) is 5.67. The number of hydrogen-bond donors (Lipinski definition) is 2. The Morgan fingerprint density at radius 3 is 2.46 bits per heavy atom. The normalized spacial score (nSPS) is 10.5. The minimum absolute atomic E-state index is 0.0618. The van der Waals surface area contributed by atoms with E-state index in [0.717, 1.165) is 5.56 Å². The van der Waals surface area contributed by atoms with Gasteiger partial charge in [0, 0.05) is 25.2 Å². The number of likely N-dealkylation sites (N-methyl/N-ethyl adjacent to an activating group) is 1. The molecule has 2 aromatic rings. The van der Waals surface area contributed by atoms with Crippen LogP contribution in [0.2, 0.25) is 0 Å². The monoisotopic (exact) mass is 354 g/mol. The summed E-state index contributed by atoms with van der Waals surface area (Å²) in [5.41, 5.74) is 2.90. The fourth-order valence-corrected chi connectivity index (χ4v) is 2.23. The smallest absolute Gasteiger partial charge is 0.274 e. The lowest BCUT2D eigenvalue weighted by Gasteiger charge is -2.15. The summed E-state index contributed by atoms with van der Waals surface area (Å²) in [4.78, 5) is 24.9. The molecule has 0 aliphatic carbocycles. The van der Waals surface area contributed by atoms with E-state index >= 15 is 0 Å². The molecule has 136 valence electrons. The number of hydrogen-bond acceptors (Lipinski definition) is 4. The number of hydroxylamine groups is 1. The van der Waals surface area contributed by atoms with Crippen molar-refractivity contribution in [1.29, 1.82) is 0 Å². The predicted molar refractivity (Wildman–Crippen MR) is 98.9 cm³/mol. The molecule has 0 heterocycles. The first-order chi connectivity index (χ1) is 12.6. The van der Waals surface area contributed by atoms with Crippen LogP contribution in [0.3, 0.4) is 0 Å². The SMILES string of the molecule is CN(CCCOc1ccc(C(=O)NO)cc1)C(=O)C=Cc1ccccc1. The molecular weight excluding hydrogens is 332 g/mol. The quantitative estimate of drug-likeness (QED) is 0.331. The van der Waals surface area contributed by atoms with E-state index in [1.54, 1.807) is 53.8 Å². The van der Waals surface area contributed by atoms with Gasteiger partial charge in [-0.1, -0.05) is 30.3 Å². The summed E-state index contributed by atoms with van der Waals surface area (Å²) in [5, 5.41) is 8.56. The second kappa shape index (κ2) is 10.0. The molecule has 0 unspecified atom stereocenters. The first-order valence-corrected chi connectivity index (χ1v) is 8.25. The van der Waals surface area contributed by atoms with Gasteiger partial charge < -0.3 is 9.64 Å². The average Bonchev–Trinajstić information content (AvgIpc) is 2.69. The molecule has 0 bridgehead atoms. The van der Waals surface area contributed by atoms with Gasteiger partial charge in [-0.2, -0.15) is 0 Å². The highest BCUT2D eigenvalue weighted by atomic mass is 16.5. The lowest BCUT2D eigenvalue weighted by molar-refractivity contribution is -0.124. The van der Waals surface area contributed by atoms with Gasteiger partial charge in [-0.25, -0.2) is 5.48 Å². The van der Waals surface area contributed by atoms with E-state index in [2.05, 4.69) is 0 Å². The van der Waals surface area contributed by atoms with Crippen molar-refractivity contribution >= 4 is 17.9 Å². The molecule has 2 rings (SSSR count). The summed E-state index contributed by atoms with van der Waals surface area (Å²) in [7, 11) is 1.75. The molecule has 0 aromatic heterocycles. The van der Waals surface area contributed by atoms with Crippen molar-refractivity contribution < 1.29 is 19.5 Å². The third-order valence-corrected chi connectivity index (χ3v) is 3.72. The fraction of sp³-hybridized carbons (Fsp3) is 0.200. The average molecular weight is 354 g/mol. The Kier molecular flexibility index (Phi) is 7.39. The third-order valence-electron chi connectivity index (χ3n) is 3.72. The predicted octanol–water partition coefficient (Wildman–Crippen LogP) is 2.75. The summed E-state index contributed by atoms with van der Waals surface area (Å²) < 4.78 is 5.58. The van der Waals surface area contributed by atoms with E-state index in [1.807, 2.05) is 30.3 Å². The molecule has 0 saturated heterocycles. The van der Waals surface area contributed by atoms with Gasteiger partial charge in [-0.3, -0.25) is 14.8 Å². The number of rotatable bonds is 8. The summed E-state index contributed by atoms with van der Waals surface area (Å²) in [5.74, 6) is -0.00842. The molecule has 0 aliphatic heterocycles. The number of carbonyl (C=O) groups is 2. The van der Waals surface area contributed by atoms with Crippen LogP contribution in [-0.4, -0.2) is 42.1 Å². The number of benzene rings is 2. The van der Waals surface area contributed by atoms with Gasteiger partial charge in [0.05, 0.1) is 6.61 Å². The molecule has 0 atom stereocenters. The van der Waals surface area contributed by atoms with E-state index in [4.69, 9.17) is 9.94 Å². The minimum atomic E-state index is -0.569. The van der Waals surface area contributed by atoms with Gasteiger partial charge in [0.15, 0.2) is 0 Å². The van der Waals surface area contributed by atoms with Crippen molar-refractivity contribution in [2.24, 2.45) is 0 Å². The zero-order chi connectivity index (χ0) is 18.8. The second-order valence-corrected chi connectivity index (χ2v) is 5.67. The lowest BCUT2D eigenvalue weighted by atomic mass is 10.2. The van der Waals surface area contributed by atoms with Crippen LogP contribution in [-0.2, 0) is 4.79 Å². The topological polar surface area (TPSA) is 78.9 Å². The van der Waals surface area contributed by atoms with Crippen molar-refractivity contribution in [3.63, 3.8) is 0 Å². The number of amides is 2.